The van der Waals surface area contributed by atoms with Crippen LogP contribution in [0.25, 0.3) is 0 Å². The van der Waals surface area contributed by atoms with E-state index in [9.17, 15) is 0 Å². The first kappa shape index (κ1) is 12.4. The van der Waals surface area contributed by atoms with E-state index < -0.39 is 0 Å². The Bertz CT molecular complexity index is 205. The summed E-state index contributed by atoms with van der Waals surface area (Å²) in [6.45, 7) is 2.27. The van der Waals surface area contributed by atoms with Gasteiger partial charge in [0, 0.05) is 6.04 Å². The van der Waals surface area contributed by atoms with Crippen LogP contribution in [-0.2, 0) is 0 Å². The largest absolute Gasteiger partial charge is 0.271 e. The number of hydrogen-bond acceptors (Lipinski definition) is 2. The van der Waals surface area contributed by atoms with Crippen LogP contribution in [0.2, 0.25) is 0 Å². The highest BCUT2D eigenvalue weighted by Crippen LogP contribution is 2.49. The summed E-state index contributed by atoms with van der Waals surface area (Å²) in [5.74, 6) is 8.68. The minimum Gasteiger partial charge on any atom is -0.271 e. The molecule has 0 radical (unpaired) electrons. The highest BCUT2D eigenvalue weighted by molar-refractivity contribution is 4.94. The minimum absolute atomic E-state index is 0.604. The molecule has 0 aromatic rings. The van der Waals surface area contributed by atoms with Crippen molar-refractivity contribution in [3.8, 4) is 0 Å². The number of unbranched alkanes of at least 4 members (excludes halogenated alkanes) is 3. The van der Waals surface area contributed by atoms with Crippen LogP contribution in [0, 0.1) is 17.8 Å². The van der Waals surface area contributed by atoms with Crippen molar-refractivity contribution in [3.63, 3.8) is 0 Å². The Kier molecular flexibility index (Phi) is 4.66. The molecule has 4 unspecified atom stereocenters. The number of nitrogens with two attached hydrogens (primary N) is 1. The van der Waals surface area contributed by atoms with Crippen LogP contribution in [-0.4, -0.2) is 6.04 Å². The molecule has 2 aliphatic rings. The van der Waals surface area contributed by atoms with Crippen LogP contribution in [0.1, 0.15) is 64.7 Å². The minimum atomic E-state index is 0.604. The third-order valence-corrected chi connectivity index (χ3v) is 4.89. The second-order valence-corrected chi connectivity index (χ2v) is 5.96. The fourth-order valence-corrected chi connectivity index (χ4v) is 4.00. The van der Waals surface area contributed by atoms with Crippen LogP contribution in [0.15, 0.2) is 0 Å². The summed E-state index contributed by atoms with van der Waals surface area (Å²) in [5.41, 5.74) is 3.11. The van der Waals surface area contributed by atoms with Gasteiger partial charge >= 0.3 is 0 Å². The summed E-state index contributed by atoms with van der Waals surface area (Å²) in [7, 11) is 0. The number of fused-ring (bicyclic) bond motifs is 2. The topological polar surface area (TPSA) is 38.0 Å². The van der Waals surface area contributed by atoms with Gasteiger partial charge in [-0.2, -0.15) is 0 Å². The molecule has 0 aromatic heterocycles. The lowest BCUT2D eigenvalue weighted by molar-refractivity contribution is 0.236. The molecule has 94 valence electrons. The van der Waals surface area contributed by atoms with Crippen molar-refractivity contribution >= 4 is 0 Å². The molecule has 16 heavy (non-hydrogen) atoms. The summed E-state index contributed by atoms with van der Waals surface area (Å²) in [4.78, 5) is 0. The summed E-state index contributed by atoms with van der Waals surface area (Å²) in [5, 5.41) is 0. The summed E-state index contributed by atoms with van der Waals surface area (Å²) >= 11 is 0. The molecular weight excluding hydrogens is 196 g/mol. The molecule has 0 aliphatic heterocycles. The van der Waals surface area contributed by atoms with Gasteiger partial charge < -0.3 is 0 Å². The molecule has 0 saturated heterocycles. The van der Waals surface area contributed by atoms with Crippen molar-refractivity contribution in [2.45, 2.75) is 70.8 Å². The quantitative estimate of drug-likeness (QED) is 0.396. The molecule has 0 amide bonds. The van der Waals surface area contributed by atoms with Crippen molar-refractivity contribution in [1.82, 2.24) is 5.43 Å². The van der Waals surface area contributed by atoms with E-state index in [0.29, 0.717) is 6.04 Å². The molecule has 2 nitrogen and oxygen atoms in total. The predicted molar refractivity (Wildman–Crippen MR) is 68.8 cm³/mol. The molecule has 2 bridgehead atoms. The maximum Gasteiger partial charge on any atom is 0.0241 e. The maximum absolute atomic E-state index is 5.75. The maximum atomic E-state index is 5.75. The van der Waals surface area contributed by atoms with E-state index in [4.69, 9.17) is 5.84 Å². The van der Waals surface area contributed by atoms with E-state index in [1.165, 1.54) is 57.8 Å². The lowest BCUT2D eigenvalue weighted by Crippen LogP contribution is -2.42. The fraction of sp³-hybridized carbons (Fsp3) is 1.00. The van der Waals surface area contributed by atoms with E-state index in [1.54, 1.807) is 0 Å². The second kappa shape index (κ2) is 6.02. The molecule has 2 heteroatoms. The van der Waals surface area contributed by atoms with Crippen molar-refractivity contribution < 1.29 is 0 Å². The van der Waals surface area contributed by atoms with E-state index in [-0.39, 0.29) is 0 Å². The van der Waals surface area contributed by atoms with E-state index in [2.05, 4.69) is 12.3 Å². The first-order chi connectivity index (χ1) is 7.85. The molecule has 4 atom stereocenters. The molecule has 2 rings (SSSR count). The third-order valence-electron chi connectivity index (χ3n) is 4.89. The van der Waals surface area contributed by atoms with Crippen LogP contribution < -0.4 is 11.3 Å². The zero-order valence-corrected chi connectivity index (χ0v) is 10.8. The molecular formula is C14H28N2. The number of nitrogens with one attached hydrogen (secondary N) is 1. The van der Waals surface area contributed by atoms with Crippen molar-refractivity contribution in [1.29, 1.82) is 0 Å². The first-order valence-electron chi connectivity index (χ1n) is 7.31. The van der Waals surface area contributed by atoms with Gasteiger partial charge in [0.25, 0.3) is 0 Å². The lowest BCUT2D eigenvalue weighted by atomic mass is 9.81. The normalized spacial score (nSPS) is 34.5. The van der Waals surface area contributed by atoms with Gasteiger partial charge in [-0.05, 0) is 43.4 Å². The Morgan fingerprint density at radius 3 is 2.62 bits per heavy atom. The molecule has 0 spiro atoms. The van der Waals surface area contributed by atoms with Gasteiger partial charge in [-0.25, -0.2) is 0 Å². The SMILES string of the molecule is CCCCCCC(NN)C1CC2CCC1C2. The van der Waals surface area contributed by atoms with Gasteiger partial charge in [-0.15, -0.1) is 0 Å². The Morgan fingerprint density at radius 2 is 2.06 bits per heavy atom. The summed E-state index contributed by atoms with van der Waals surface area (Å²) in [6, 6.07) is 0.604. The predicted octanol–water partition coefficient (Wildman–Crippen LogP) is 3.22. The monoisotopic (exact) mass is 224 g/mol. The van der Waals surface area contributed by atoms with Crippen LogP contribution >= 0.6 is 0 Å². The number of hydrogen-bond donors (Lipinski definition) is 2. The third kappa shape index (κ3) is 2.78. The first-order valence-corrected chi connectivity index (χ1v) is 7.31. The lowest BCUT2D eigenvalue weighted by Gasteiger charge is -2.30. The van der Waals surface area contributed by atoms with Gasteiger partial charge in [-0.3, -0.25) is 11.3 Å². The Labute approximate surface area is 100 Å². The van der Waals surface area contributed by atoms with Crippen molar-refractivity contribution in [2.24, 2.45) is 23.6 Å². The highest BCUT2D eigenvalue weighted by atomic mass is 15.2. The molecule has 3 N–H and O–H groups in total. The van der Waals surface area contributed by atoms with Crippen LogP contribution in [0.4, 0.5) is 0 Å². The van der Waals surface area contributed by atoms with Crippen molar-refractivity contribution in [3.05, 3.63) is 0 Å². The van der Waals surface area contributed by atoms with Gasteiger partial charge in [0.15, 0.2) is 0 Å². The van der Waals surface area contributed by atoms with Gasteiger partial charge in [0.05, 0.1) is 0 Å². The van der Waals surface area contributed by atoms with E-state index in [1.807, 2.05) is 0 Å². The van der Waals surface area contributed by atoms with E-state index >= 15 is 0 Å². The van der Waals surface area contributed by atoms with Gasteiger partial charge in [0.2, 0.25) is 0 Å². The number of hydrazine groups is 1. The molecule has 2 aliphatic carbocycles. The van der Waals surface area contributed by atoms with Crippen LogP contribution in [0.5, 0.6) is 0 Å². The fourth-order valence-electron chi connectivity index (χ4n) is 4.00. The molecule has 2 saturated carbocycles. The Morgan fingerprint density at radius 1 is 1.19 bits per heavy atom. The standard InChI is InChI=1S/C14H28N2/c1-2-3-4-5-6-14(16-15)13-10-11-7-8-12(13)9-11/h11-14,16H,2-10,15H2,1H3. The average Bonchev–Trinajstić information content (AvgIpc) is 2.91. The van der Waals surface area contributed by atoms with Crippen molar-refractivity contribution in [2.75, 3.05) is 0 Å². The van der Waals surface area contributed by atoms with Gasteiger partial charge in [0.1, 0.15) is 0 Å². The molecule has 0 heterocycles. The number of rotatable bonds is 7. The average molecular weight is 224 g/mol. The Hall–Kier alpha value is -0.0800. The van der Waals surface area contributed by atoms with Gasteiger partial charge in [-0.1, -0.05) is 39.0 Å². The Balaban J connectivity index is 1.72. The highest BCUT2D eigenvalue weighted by Gasteiger charge is 2.42. The molecule has 2 fully saturated rings. The second-order valence-electron chi connectivity index (χ2n) is 5.96. The summed E-state index contributed by atoms with van der Waals surface area (Å²) < 4.78 is 0. The zero-order valence-electron chi connectivity index (χ0n) is 10.8. The zero-order chi connectivity index (χ0) is 11.4. The smallest absolute Gasteiger partial charge is 0.0241 e. The van der Waals surface area contributed by atoms with Crippen LogP contribution in [0.3, 0.4) is 0 Å². The molecule has 0 aromatic carbocycles. The summed E-state index contributed by atoms with van der Waals surface area (Å²) in [6.07, 6.45) is 12.7. The van der Waals surface area contributed by atoms with E-state index in [0.717, 1.165) is 17.8 Å².